The Morgan fingerprint density at radius 3 is 2.38 bits per heavy atom. The number of aryl methyl sites for hydroxylation is 1. The van der Waals surface area contributed by atoms with E-state index >= 15 is 0 Å². The van der Waals surface area contributed by atoms with Gasteiger partial charge >= 0.3 is 0 Å². The van der Waals surface area contributed by atoms with Crippen molar-refractivity contribution in [3.05, 3.63) is 59.7 Å². The lowest BCUT2D eigenvalue weighted by molar-refractivity contribution is 0.416. The van der Waals surface area contributed by atoms with Crippen molar-refractivity contribution in [1.29, 1.82) is 0 Å². The summed E-state index contributed by atoms with van der Waals surface area (Å²) in [4.78, 5) is 0. The maximum atomic E-state index is 12.3. The van der Waals surface area contributed by atoms with Crippen LogP contribution in [0.15, 0.2) is 48.5 Å². The van der Waals surface area contributed by atoms with E-state index in [4.69, 9.17) is 4.74 Å². The smallest absolute Gasteiger partial charge is 0.237 e. The van der Waals surface area contributed by atoms with Crippen LogP contribution in [0, 0.1) is 0 Å². The van der Waals surface area contributed by atoms with E-state index in [-0.39, 0.29) is 5.75 Å². The van der Waals surface area contributed by atoms with E-state index < -0.39 is 10.0 Å². The van der Waals surface area contributed by atoms with Crippen LogP contribution in [0.25, 0.3) is 0 Å². The number of hydrogen-bond acceptors (Lipinski definition) is 3. The molecule has 0 spiro atoms. The predicted molar refractivity (Wildman–Crippen MR) is 85.1 cm³/mol. The van der Waals surface area contributed by atoms with Gasteiger partial charge in [0.05, 0.1) is 18.6 Å². The molecule has 0 unspecified atom stereocenters. The van der Waals surface area contributed by atoms with Crippen molar-refractivity contribution in [3.63, 3.8) is 0 Å². The Hall–Kier alpha value is -2.01. The third-order valence-electron chi connectivity index (χ3n) is 3.14. The highest BCUT2D eigenvalue weighted by Gasteiger charge is 2.14. The lowest BCUT2D eigenvalue weighted by Crippen LogP contribution is -2.15. The van der Waals surface area contributed by atoms with Crippen molar-refractivity contribution >= 4 is 15.7 Å². The molecular weight excluding hydrogens is 286 g/mol. The maximum Gasteiger partial charge on any atom is 0.237 e. The highest BCUT2D eigenvalue weighted by molar-refractivity contribution is 7.91. The van der Waals surface area contributed by atoms with Crippen molar-refractivity contribution < 1.29 is 13.2 Å². The molecule has 0 aliphatic carbocycles. The van der Waals surface area contributed by atoms with Gasteiger partial charge in [-0.25, -0.2) is 8.42 Å². The van der Waals surface area contributed by atoms with Crippen LogP contribution in [-0.2, 0) is 22.2 Å². The predicted octanol–water partition coefficient (Wildman–Crippen LogP) is 3.20. The summed E-state index contributed by atoms with van der Waals surface area (Å²) >= 11 is 0. The largest absolute Gasteiger partial charge is 0.495 e. The molecule has 2 aromatic carbocycles. The summed E-state index contributed by atoms with van der Waals surface area (Å²) in [6, 6.07) is 14.6. The number of methoxy groups -OCH3 is 1. The number of anilines is 1. The number of benzene rings is 2. The molecule has 2 rings (SSSR count). The minimum atomic E-state index is -3.48. The zero-order chi connectivity index (χ0) is 15.3. The summed E-state index contributed by atoms with van der Waals surface area (Å²) in [7, 11) is -1.95. The van der Waals surface area contributed by atoms with Gasteiger partial charge in [-0.05, 0) is 29.7 Å². The van der Waals surface area contributed by atoms with Crippen LogP contribution in [0.5, 0.6) is 5.75 Å². The summed E-state index contributed by atoms with van der Waals surface area (Å²) in [5, 5.41) is 0. The molecule has 0 heterocycles. The molecular formula is C16H19NO3S. The summed E-state index contributed by atoms with van der Waals surface area (Å²) < 4.78 is 32.4. The Morgan fingerprint density at radius 1 is 1.05 bits per heavy atom. The Kier molecular flexibility index (Phi) is 4.85. The first kappa shape index (κ1) is 15.4. The number of ether oxygens (including phenoxy) is 1. The molecule has 0 saturated heterocycles. The van der Waals surface area contributed by atoms with E-state index in [0.717, 1.165) is 17.5 Å². The summed E-state index contributed by atoms with van der Waals surface area (Å²) in [6.07, 6.45) is 0.831. The second kappa shape index (κ2) is 6.63. The molecule has 1 N–H and O–H groups in total. The van der Waals surface area contributed by atoms with E-state index in [0.29, 0.717) is 11.4 Å². The van der Waals surface area contributed by atoms with Crippen molar-refractivity contribution in [1.82, 2.24) is 0 Å². The van der Waals surface area contributed by atoms with Crippen LogP contribution >= 0.6 is 0 Å². The SMILES string of the molecule is CCc1ccc(OC)c(NS(=O)(=O)Cc2ccccc2)c1. The lowest BCUT2D eigenvalue weighted by atomic mass is 10.1. The number of rotatable bonds is 6. The molecule has 0 atom stereocenters. The quantitative estimate of drug-likeness (QED) is 0.891. The van der Waals surface area contributed by atoms with E-state index in [2.05, 4.69) is 4.72 Å². The molecule has 0 radical (unpaired) electrons. The summed E-state index contributed by atoms with van der Waals surface area (Å²) in [5.74, 6) is 0.455. The first-order valence-electron chi connectivity index (χ1n) is 6.75. The molecule has 0 aliphatic heterocycles. The monoisotopic (exact) mass is 305 g/mol. The molecule has 112 valence electrons. The van der Waals surface area contributed by atoms with Crippen LogP contribution in [0.1, 0.15) is 18.1 Å². The molecule has 0 bridgehead atoms. The molecule has 21 heavy (non-hydrogen) atoms. The standard InChI is InChI=1S/C16H19NO3S/c1-3-13-9-10-16(20-2)15(11-13)17-21(18,19)12-14-7-5-4-6-8-14/h4-11,17H,3,12H2,1-2H3. The minimum absolute atomic E-state index is 0.0622. The number of nitrogens with one attached hydrogen (secondary N) is 1. The highest BCUT2D eigenvalue weighted by atomic mass is 32.2. The van der Waals surface area contributed by atoms with Crippen LogP contribution in [0.4, 0.5) is 5.69 Å². The Bertz CT molecular complexity index is 697. The van der Waals surface area contributed by atoms with Crippen LogP contribution in [-0.4, -0.2) is 15.5 Å². The number of sulfonamides is 1. The fourth-order valence-corrected chi connectivity index (χ4v) is 3.25. The molecule has 0 amide bonds. The molecule has 0 fully saturated rings. The summed E-state index contributed by atoms with van der Waals surface area (Å²) in [5.41, 5.74) is 2.27. The summed E-state index contributed by atoms with van der Waals surface area (Å²) in [6.45, 7) is 2.02. The first-order valence-corrected chi connectivity index (χ1v) is 8.40. The Balaban J connectivity index is 2.23. The van der Waals surface area contributed by atoms with Gasteiger partial charge in [0.1, 0.15) is 5.75 Å². The van der Waals surface area contributed by atoms with Crippen molar-refractivity contribution in [2.75, 3.05) is 11.8 Å². The second-order valence-corrected chi connectivity index (χ2v) is 6.46. The van der Waals surface area contributed by atoms with Crippen LogP contribution < -0.4 is 9.46 Å². The van der Waals surface area contributed by atoms with Gasteiger partial charge in [-0.15, -0.1) is 0 Å². The van der Waals surface area contributed by atoms with E-state index in [1.807, 2.05) is 31.2 Å². The van der Waals surface area contributed by atoms with Gasteiger partial charge < -0.3 is 4.74 Å². The molecule has 0 saturated carbocycles. The lowest BCUT2D eigenvalue weighted by Gasteiger charge is -2.13. The number of hydrogen-bond donors (Lipinski definition) is 1. The highest BCUT2D eigenvalue weighted by Crippen LogP contribution is 2.27. The topological polar surface area (TPSA) is 55.4 Å². The maximum absolute atomic E-state index is 12.3. The Morgan fingerprint density at radius 2 is 1.76 bits per heavy atom. The zero-order valence-corrected chi connectivity index (χ0v) is 13.0. The van der Waals surface area contributed by atoms with Gasteiger partial charge in [-0.3, -0.25) is 4.72 Å². The average molecular weight is 305 g/mol. The van der Waals surface area contributed by atoms with Crippen molar-refractivity contribution in [3.8, 4) is 5.75 Å². The first-order chi connectivity index (χ1) is 10.0. The Labute approximate surface area is 125 Å². The van der Waals surface area contributed by atoms with E-state index in [1.165, 1.54) is 7.11 Å². The van der Waals surface area contributed by atoms with Gasteiger partial charge in [0, 0.05) is 0 Å². The van der Waals surface area contributed by atoms with Gasteiger partial charge in [-0.2, -0.15) is 0 Å². The molecule has 0 aliphatic rings. The minimum Gasteiger partial charge on any atom is -0.495 e. The zero-order valence-electron chi connectivity index (χ0n) is 12.2. The van der Waals surface area contributed by atoms with Gasteiger partial charge in [0.25, 0.3) is 0 Å². The third-order valence-corrected chi connectivity index (χ3v) is 4.38. The van der Waals surface area contributed by atoms with Crippen LogP contribution in [0.3, 0.4) is 0 Å². The van der Waals surface area contributed by atoms with Crippen molar-refractivity contribution in [2.24, 2.45) is 0 Å². The van der Waals surface area contributed by atoms with Crippen LogP contribution in [0.2, 0.25) is 0 Å². The second-order valence-electron chi connectivity index (χ2n) is 4.73. The van der Waals surface area contributed by atoms with Crippen molar-refractivity contribution in [2.45, 2.75) is 19.1 Å². The fraction of sp³-hybridized carbons (Fsp3) is 0.250. The average Bonchev–Trinajstić information content (AvgIpc) is 2.47. The van der Waals surface area contributed by atoms with E-state index in [1.54, 1.807) is 24.3 Å². The van der Waals surface area contributed by atoms with Gasteiger partial charge in [-0.1, -0.05) is 43.3 Å². The molecule has 4 nitrogen and oxygen atoms in total. The normalized spacial score (nSPS) is 11.1. The molecule has 0 aromatic heterocycles. The molecule has 5 heteroatoms. The van der Waals surface area contributed by atoms with Gasteiger partial charge in [0.2, 0.25) is 10.0 Å². The molecule has 2 aromatic rings. The fourth-order valence-electron chi connectivity index (χ4n) is 2.05. The van der Waals surface area contributed by atoms with E-state index in [9.17, 15) is 8.42 Å². The third kappa shape index (κ3) is 4.23. The van der Waals surface area contributed by atoms with Gasteiger partial charge in [0.15, 0.2) is 0 Å².